The van der Waals surface area contributed by atoms with Gasteiger partial charge in [0.1, 0.15) is 5.75 Å². The Labute approximate surface area is 154 Å². The summed E-state index contributed by atoms with van der Waals surface area (Å²) in [6.07, 6.45) is 0.917. The van der Waals surface area contributed by atoms with Gasteiger partial charge < -0.3 is 15.4 Å². The van der Waals surface area contributed by atoms with Gasteiger partial charge in [-0.15, -0.1) is 0 Å². The number of ether oxygens (including phenoxy) is 1. The van der Waals surface area contributed by atoms with E-state index in [-0.39, 0.29) is 24.4 Å². The van der Waals surface area contributed by atoms with Gasteiger partial charge in [0.15, 0.2) is 0 Å². The highest BCUT2D eigenvalue weighted by Crippen LogP contribution is 2.43. The summed E-state index contributed by atoms with van der Waals surface area (Å²) in [7, 11) is 1.57. The van der Waals surface area contributed by atoms with Gasteiger partial charge in [0.25, 0.3) is 5.91 Å². The third-order valence-corrected chi connectivity index (χ3v) is 4.93. The maximum Gasteiger partial charge on any atom is 0.251 e. The highest BCUT2D eigenvalue weighted by molar-refractivity contribution is 9.10. The second-order valence-corrected chi connectivity index (χ2v) is 6.80. The number of hydrogen-bond donors (Lipinski definition) is 2. The Bertz CT molecular complexity index is 776. The average molecular weight is 403 g/mol. The molecule has 0 aliphatic heterocycles. The van der Waals surface area contributed by atoms with Gasteiger partial charge in [0, 0.05) is 22.0 Å². The molecule has 1 aliphatic carbocycles. The molecule has 2 amide bonds. The van der Waals surface area contributed by atoms with Crippen LogP contribution in [0.4, 0.5) is 0 Å². The normalized spacial score (nSPS) is 18.3. The molecule has 0 unspecified atom stereocenters. The Morgan fingerprint density at radius 1 is 1.16 bits per heavy atom. The fourth-order valence-electron chi connectivity index (χ4n) is 2.74. The van der Waals surface area contributed by atoms with Crippen molar-refractivity contribution in [3.05, 3.63) is 64.1 Å². The van der Waals surface area contributed by atoms with Crippen molar-refractivity contribution in [2.24, 2.45) is 0 Å². The molecule has 2 atom stereocenters. The standard InChI is InChI=1S/C19H19BrN2O3/c1-25-13-8-6-12(7-9-13)19(24)21-11-18(23)22-17-10-15(17)14-4-2-3-5-16(14)20/h2-9,15,17H,10-11H2,1H3,(H,21,24)(H,22,23)/t15-,17+/m0/s1. The maximum atomic E-state index is 12.0. The molecular weight excluding hydrogens is 384 g/mol. The van der Waals surface area contributed by atoms with Crippen LogP contribution < -0.4 is 15.4 Å². The lowest BCUT2D eigenvalue weighted by molar-refractivity contribution is -0.120. The largest absolute Gasteiger partial charge is 0.497 e. The molecule has 1 fully saturated rings. The molecular formula is C19H19BrN2O3. The third kappa shape index (κ3) is 4.39. The summed E-state index contributed by atoms with van der Waals surface area (Å²) < 4.78 is 6.11. The van der Waals surface area contributed by atoms with Crippen LogP contribution in [-0.2, 0) is 4.79 Å². The lowest BCUT2D eigenvalue weighted by atomic mass is 10.1. The molecule has 5 nitrogen and oxygen atoms in total. The first kappa shape index (κ1) is 17.5. The highest BCUT2D eigenvalue weighted by Gasteiger charge is 2.40. The Morgan fingerprint density at radius 2 is 1.88 bits per heavy atom. The Balaban J connectivity index is 1.46. The molecule has 0 aromatic heterocycles. The monoisotopic (exact) mass is 402 g/mol. The van der Waals surface area contributed by atoms with Gasteiger partial charge in [0.05, 0.1) is 13.7 Å². The van der Waals surface area contributed by atoms with Crippen LogP contribution >= 0.6 is 15.9 Å². The number of amides is 2. The summed E-state index contributed by atoms with van der Waals surface area (Å²) in [5.41, 5.74) is 1.70. The molecule has 0 bridgehead atoms. The molecule has 2 aromatic rings. The van der Waals surface area contributed by atoms with Gasteiger partial charge in [-0.25, -0.2) is 0 Å². The molecule has 0 radical (unpaired) electrons. The number of methoxy groups -OCH3 is 1. The summed E-state index contributed by atoms with van der Waals surface area (Å²) in [5, 5.41) is 5.59. The second-order valence-electron chi connectivity index (χ2n) is 5.95. The van der Waals surface area contributed by atoms with E-state index in [4.69, 9.17) is 4.74 Å². The van der Waals surface area contributed by atoms with Crippen LogP contribution in [0.1, 0.15) is 28.3 Å². The van der Waals surface area contributed by atoms with Gasteiger partial charge in [-0.2, -0.15) is 0 Å². The van der Waals surface area contributed by atoms with E-state index in [2.05, 4.69) is 32.6 Å². The molecule has 25 heavy (non-hydrogen) atoms. The molecule has 1 saturated carbocycles. The van der Waals surface area contributed by atoms with Gasteiger partial charge >= 0.3 is 0 Å². The summed E-state index contributed by atoms with van der Waals surface area (Å²) in [5.74, 6) is 0.551. The SMILES string of the molecule is COc1ccc(C(=O)NCC(=O)N[C@@H]2C[C@H]2c2ccccc2Br)cc1. The molecule has 130 valence electrons. The molecule has 2 aromatic carbocycles. The minimum atomic E-state index is -0.282. The first-order valence-corrected chi connectivity index (χ1v) is 8.84. The van der Waals surface area contributed by atoms with E-state index in [1.54, 1.807) is 31.4 Å². The Kier molecular flexibility index (Phi) is 5.38. The first-order chi connectivity index (χ1) is 12.1. The van der Waals surface area contributed by atoms with E-state index < -0.39 is 0 Å². The molecule has 0 saturated heterocycles. The zero-order valence-electron chi connectivity index (χ0n) is 13.8. The van der Waals surface area contributed by atoms with E-state index in [1.165, 1.54) is 5.56 Å². The van der Waals surface area contributed by atoms with E-state index in [0.29, 0.717) is 17.2 Å². The number of carbonyl (C=O) groups excluding carboxylic acids is 2. The molecule has 3 rings (SSSR count). The van der Waals surface area contributed by atoms with E-state index in [9.17, 15) is 9.59 Å². The topological polar surface area (TPSA) is 67.4 Å². The predicted octanol–water partition coefficient (Wildman–Crippen LogP) is 2.86. The minimum Gasteiger partial charge on any atom is -0.497 e. The van der Waals surface area contributed by atoms with Crippen LogP contribution in [0.3, 0.4) is 0 Å². The maximum absolute atomic E-state index is 12.0. The number of benzene rings is 2. The zero-order valence-corrected chi connectivity index (χ0v) is 15.4. The number of rotatable bonds is 6. The first-order valence-electron chi connectivity index (χ1n) is 8.04. The van der Waals surface area contributed by atoms with E-state index in [0.717, 1.165) is 10.9 Å². The van der Waals surface area contributed by atoms with Gasteiger partial charge in [-0.3, -0.25) is 9.59 Å². The molecule has 6 heteroatoms. The van der Waals surface area contributed by atoms with Crippen LogP contribution in [0.5, 0.6) is 5.75 Å². The van der Waals surface area contributed by atoms with Crippen molar-refractivity contribution in [1.29, 1.82) is 0 Å². The average Bonchev–Trinajstić information content (AvgIpc) is 3.39. The van der Waals surface area contributed by atoms with Crippen LogP contribution in [0, 0.1) is 0 Å². The van der Waals surface area contributed by atoms with Gasteiger partial charge in [0.2, 0.25) is 5.91 Å². The number of carbonyl (C=O) groups is 2. The fraction of sp³-hybridized carbons (Fsp3) is 0.263. The number of nitrogens with one attached hydrogen (secondary N) is 2. The predicted molar refractivity (Wildman–Crippen MR) is 98.8 cm³/mol. The van der Waals surface area contributed by atoms with Crippen LogP contribution in [0.25, 0.3) is 0 Å². The smallest absolute Gasteiger partial charge is 0.251 e. The van der Waals surface area contributed by atoms with E-state index >= 15 is 0 Å². The van der Waals surface area contributed by atoms with Gasteiger partial charge in [-0.1, -0.05) is 34.1 Å². The lowest BCUT2D eigenvalue weighted by Crippen LogP contribution is -2.38. The molecule has 0 heterocycles. The summed E-state index contributed by atoms with van der Waals surface area (Å²) in [6, 6.07) is 14.9. The highest BCUT2D eigenvalue weighted by atomic mass is 79.9. The van der Waals surface area contributed by atoms with E-state index in [1.807, 2.05) is 18.2 Å². The van der Waals surface area contributed by atoms with Crippen molar-refractivity contribution in [1.82, 2.24) is 10.6 Å². The number of halogens is 1. The Hall–Kier alpha value is -2.34. The summed E-state index contributed by atoms with van der Waals surface area (Å²) in [6.45, 7) is -0.0377. The van der Waals surface area contributed by atoms with Crippen LogP contribution in [0.2, 0.25) is 0 Å². The Morgan fingerprint density at radius 3 is 2.56 bits per heavy atom. The summed E-state index contributed by atoms with van der Waals surface area (Å²) >= 11 is 3.54. The fourth-order valence-corrected chi connectivity index (χ4v) is 3.32. The zero-order chi connectivity index (χ0) is 17.8. The van der Waals surface area contributed by atoms with Gasteiger partial charge in [-0.05, 0) is 42.3 Å². The van der Waals surface area contributed by atoms with Crippen molar-refractivity contribution >= 4 is 27.7 Å². The third-order valence-electron chi connectivity index (χ3n) is 4.20. The quantitative estimate of drug-likeness (QED) is 0.780. The molecule has 0 spiro atoms. The van der Waals surface area contributed by atoms with Crippen molar-refractivity contribution < 1.29 is 14.3 Å². The lowest BCUT2D eigenvalue weighted by Gasteiger charge is -2.08. The molecule has 1 aliphatic rings. The molecule has 2 N–H and O–H groups in total. The second kappa shape index (κ2) is 7.70. The van der Waals surface area contributed by atoms with Crippen LogP contribution in [0.15, 0.2) is 53.0 Å². The van der Waals surface area contributed by atoms with Crippen molar-refractivity contribution in [2.75, 3.05) is 13.7 Å². The van der Waals surface area contributed by atoms with Crippen LogP contribution in [-0.4, -0.2) is 31.5 Å². The minimum absolute atomic E-state index is 0.0377. The summed E-state index contributed by atoms with van der Waals surface area (Å²) in [4.78, 5) is 24.1. The van der Waals surface area contributed by atoms with Crippen molar-refractivity contribution in [3.8, 4) is 5.75 Å². The van der Waals surface area contributed by atoms with Crippen molar-refractivity contribution in [2.45, 2.75) is 18.4 Å². The van der Waals surface area contributed by atoms with Crippen molar-refractivity contribution in [3.63, 3.8) is 0 Å². The number of hydrogen-bond acceptors (Lipinski definition) is 3.